The van der Waals surface area contributed by atoms with Gasteiger partial charge in [0.05, 0.1) is 26.2 Å². The van der Waals surface area contributed by atoms with E-state index in [0.717, 1.165) is 5.56 Å². The highest BCUT2D eigenvalue weighted by Crippen LogP contribution is 2.49. The highest BCUT2D eigenvalue weighted by molar-refractivity contribution is 6.15. The number of Topliss-reactive ketones (excluding diaryl/α,β-unsaturated/α-hetero) is 1. The summed E-state index contributed by atoms with van der Waals surface area (Å²) in [4.78, 5) is 25.4. The van der Waals surface area contributed by atoms with Crippen LogP contribution in [0.2, 0.25) is 0 Å². The van der Waals surface area contributed by atoms with Gasteiger partial charge in [-0.05, 0) is 53.6 Å². The Morgan fingerprint density at radius 3 is 2.42 bits per heavy atom. The molecule has 0 amide bonds. The Kier molecular flexibility index (Phi) is 5.01. The molecule has 0 fully saturated rings. The van der Waals surface area contributed by atoms with Gasteiger partial charge >= 0.3 is 5.97 Å². The summed E-state index contributed by atoms with van der Waals surface area (Å²) >= 11 is 0. The highest BCUT2D eigenvalue weighted by Gasteiger charge is 2.38. The lowest BCUT2D eigenvalue weighted by Crippen LogP contribution is -2.21. The predicted molar refractivity (Wildman–Crippen MR) is 119 cm³/mol. The molecule has 0 bridgehead atoms. The van der Waals surface area contributed by atoms with Gasteiger partial charge in [0.2, 0.25) is 5.78 Å². The summed E-state index contributed by atoms with van der Waals surface area (Å²) in [5.41, 5.74) is 2.57. The number of phenolic OH excluding ortho intramolecular Hbond substituents is 1. The van der Waals surface area contributed by atoms with Gasteiger partial charge in [0.25, 0.3) is 0 Å². The zero-order valence-corrected chi connectivity index (χ0v) is 18.0. The third-order valence-corrected chi connectivity index (χ3v) is 5.78. The van der Waals surface area contributed by atoms with Crippen molar-refractivity contribution in [2.24, 2.45) is 0 Å². The maximum Gasteiger partial charge on any atom is 0.312 e. The topological polar surface area (TPSA) is 91.3 Å². The Morgan fingerprint density at radius 2 is 1.70 bits per heavy atom. The number of rotatable bonds is 4. The molecule has 0 radical (unpaired) electrons. The average molecular weight is 444 g/mol. The van der Waals surface area contributed by atoms with Crippen LogP contribution >= 0.6 is 0 Å². The molecule has 1 atom stereocenters. The van der Waals surface area contributed by atoms with Crippen molar-refractivity contribution >= 4 is 17.8 Å². The predicted octanol–water partition coefficient (Wildman–Crippen LogP) is 4.47. The van der Waals surface area contributed by atoms with Crippen molar-refractivity contribution in [2.45, 2.75) is 12.3 Å². The molecule has 5 rings (SSSR count). The molecule has 1 unspecified atom stereocenters. The van der Waals surface area contributed by atoms with E-state index in [2.05, 4.69) is 0 Å². The number of carbonyl (C=O) groups is 2. The van der Waals surface area contributed by atoms with Crippen molar-refractivity contribution in [3.05, 3.63) is 82.6 Å². The van der Waals surface area contributed by atoms with Gasteiger partial charge in [-0.15, -0.1) is 0 Å². The number of hydrogen-bond donors (Lipinski definition) is 1. The molecule has 3 aromatic rings. The van der Waals surface area contributed by atoms with E-state index in [4.69, 9.17) is 18.9 Å². The maximum absolute atomic E-state index is 13.1. The lowest BCUT2D eigenvalue weighted by atomic mass is 9.84. The number of esters is 1. The summed E-state index contributed by atoms with van der Waals surface area (Å²) in [6.45, 7) is 0. The van der Waals surface area contributed by atoms with Crippen molar-refractivity contribution in [1.29, 1.82) is 0 Å². The van der Waals surface area contributed by atoms with Gasteiger partial charge in [-0.2, -0.15) is 0 Å². The average Bonchev–Trinajstić information content (AvgIpc) is 3.14. The van der Waals surface area contributed by atoms with Crippen LogP contribution in [0.25, 0.3) is 6.08 Å². The number of methoxy groups -OCH3 is 2. The molecule has 2 aliphatic rings. The summed E-state index contributed by atoms with van der Waals surface area (Å²) in [5, 5.41) is 9.65. The summed E-state index contributed by atoms with van der Waals surface area (Å²) in [7, 11) is 3.09. The van der Waals surface area contributed by atoms with E-state index >= 15 is 0 Å². The van der Waals surface area contributed by atoms with Gasteiger partial charge in [-0.1, -0.05) is 18.2 Å². The molecular weight excluding hydrogens is 424 g/mol. The van der Waals surface area contributed by atoms with E-state index in [0.29, 0.717) is 39.7 Å². The van der Waals surface area contributed by atoms with Gasteiger partial charge in [0.15, 0.2) is 17.3 Å². The van der Waals surface area contributed by atoms with E-state index in [9.17, 15) is 14.7 Å². The van der Waals surface area contributed by atoms with Crippen LogP contribution in [0.1, 0.15) is 39.4 Å². The van der Waals surface area contributed by atoms with Crippen LogP contribution in [0, 0.1) is 0 Å². The Balaban J connectivity index is 1.57. The zero-order valence-electron chi connectivity index (χ0n) is 18.0. The molecule has 33 heavy (non-hydrogen) atoms. The van der Waals surface area contributed by atoms with Crippen LogP contribution < -0.4 is 18.9 Å². The minimum atomic E-state index is -0.370. The molecule has 7 nitrogen and oxygen atoms in total. The highest BCUT2D eigenvalue weighted by atomic mass is 16.5. The number of hydrogen-bond acceptors (Lipinski definition) is 7. The minimum absolute atomic E-state index is 0.0977. The molecular formula is C26H20O7. The standard InChI is InChI=1S/C26H20O7/c1-30-19-9-3-14(11-21(19)31-2)12-22-25(29)17-8-10-20-24(26(17)33-22)18(13-23(28)32-20)15-4-6-16(27)7-5-15/h3-12,18,27H,13H2,1-2H3. The fourth-order valence-corrected chi connectivity index (χ4v) is 4.19. The van der Waals surface area contributed by atoms with Crippen molar-refractivity contribution in [2.75, 3.05) is 14.2 Å². The molecule has 1 N–H and O–H groups in total. The van der Waals surface area contributed by atoms with Crippen LogP contribution in [0.5, 0.6) is 28.7 Å². The van der Waals surface area contributed by atoms with E-state index in [1.54, 1.807) is 74.9 Å². The molecule has 2 heterocycles. The second-order valence-electron chi connectivity index (χ2n) is 7.73. The van der Waals surface area contributed by atoms with E-state index in [-0.39, 0.29) is 35.6 Å². The largest absolute Gasteiger partial charge is 0.508 e. The number of aromatic hydroxyl groups is 1. The number of allylic oxidation sites excluding steroid dienone is 1. The SMILES string of the molecule is COc1ccc(C=C2Oc3c(ccc4c3C(c3ccc(O)cc3)CC(=O)O4)C2=O)cc1OC. The fourth-order valence-electron chi connectivity index (χ4n) is 4.19. The first-order chi connectivity index (χ1) is 16.0. The second-order valence-corrected chi connectivity index (χ2v) is 7.73. The van der Waals surface area contributed by atoms with Crippen molar-refractivity contribution in [3.63, 3.8) is 0 Å². The maximum atomic E-state index is 13.1. The number of benzene rings is 3. The smallest absolute Gasteiger partial charge is 0.312 e. The molecule has 7 heteroatoms. The number of phenols is 1. The van der Waals surface area contributed by atoms with Crippen molar-refractivity contribution < 1.29 is 33.6 Å². The lowest BCUT2D eigenvalue weighted by Gasteiger charge is -2.26. The van der Waals surface area contributed by atoms with Gasteiger partial charge in [-0.25, -0.2) is 0 Å². The van der Waals surface area contributed by atoms with Gasteiger partial charge in [-0.3, -0.25) is 9.59 Å². The lowest BCUT2D eigenvalue weighted by molar-refractivity contribution is -0.135. The number of carbonyl (C=O) groups excluding carboxylic acids is 2. The van der Waals surface area contributed by atoms with Crippen LogP contribution in [0.15, 0.2) is 60.4 Å². The van der Waals surface area contributed by atoms with Crippen LogP contribution in [0.3, 0.4) is 0 Å². The normalized spacial score (nSPS) is 17.8. The number of fused-ring (bicyclic) bond motifs is 3. The molecule has 166 valence electrons. The van der Waals surface area contributed by atoms with Crippen LogP contribution in [-0.2, 0) is 4.79 Å². The van der Waals surface area contributed by atoms with E-state index in [1.165, 1.54) is 0 Å². The third-order valence-electron chi connectivity index (χ3n) is 5.78. The summed E-state index contributed by atoms with van der Waals surface area (Å²) < 4.78 is 22.1. The van der Waals surface area contributed by atoms with Crippen LogP contribution in [0.4, 0.5) is 0 Å². The zero-order chi connectivity index (χ0) is 23.1. The summed E-state index contributed by atoms with van der Waals surface area (Å²) in [6.07, 6.45) is 1.74. The summed E-state index contributed by atoms with van der Waals surface area (Å²) in [6, 6.07) is 15.2. The minimum Gasteiger partial charge on any atom is -0.508 e. The first kappa shape index (κ1) is 20.6. The molecule has 0 saturated carbocycles. The van der Waals surface area contributed by atoms with Gasteiger partial charge in [0, 0.05) is 11.5 Å². The molecule has 0 aromatic heterocycles. The summed E-state index contributed by atoms with van der Waals surface area (Å²) in [5.74, 6) is 1.15. The Hall–Kier alpha value is -4.26. The third kappa shape index (κ3) is 3.57. The molecule has 0 aliphatic carbocycles. The Morgan fingerprint density at radius 1 is 0.939 bits per heavy atom. The van der Waals surface area contributed by atoms with Gasteiger partial charge in [0.1, 0.15) is 17.2 Å². The molecule has 3 aromatic carbocycles. The Bertz CT molecular complexity index is 1300. The first-order valence-electron chi connectivity index (χ1n) is 10.3. The number of ketones is 1. The fraction of sp³-hybridized carbons (Fsp3) is 0.154. The van der Waals surface area contributed by atoms with Crippen molar-refractivity contribution in [1.82, 2.24) is 0 Å². The first-order valence-corrected chi connectivity index (χ1v) is 10.3. The molecule has 0 saturated heterocycles. The van der Waals surface area contributed by atoms with E-state index < -0.39 is 0 Å². The van der Waals surface area contributed by atoms with Crippen LogP contribution in [-0.4, -0.2) is 31.1 Å². The second kappa shape index (κ2) is 8.02. The van der Waals surface area contributed by atoms with Gasteiger partial charge < -0.3 is 24.1 Å². The van der Waals surface area contributed by atoms with Crippen molar-refractivity contribution in [3.8, 4) is 28.7 Å². The Labute approximate surface area is 189 Å². The molecule has 2 aliphatic heterocycles. The molecule has 0 spiro atoms. The quantitative estimate of drug-likeness (QED) is 0.361. The monoisotopic (exact) mass is 444 g/mol. The number of ether oxygens (including phenoxy) is 4. The van der Waals surface area contributed by atoms with E-state index in [1.807, 2.05) is 0 Å².